The molecule has 0 radical (unpaired) electrons. The molecule has 18 heavy (non-hydrogen) atoms. The Morgan fingerprint density at radius 2 is 1.94 bits per heavy atom. The van der Waals surface area contributed by atoms with E-state index in [1.54, 1.807) is 14.2 Å². The van der Waals surface area contributed by atoms with Gasteiger partial charge in [-0.1, -0.05) is 26.0 Å². The average Bonchev–Trinajstić information content (AvgIpc) is 2.37. The number of nitrogens with one attached hydrogen (secondary N) is 1. The second-order valence-electron chi connectivity index (χ2n) is 4.87. The molecule has 1 unspecified atom stereocenters. The van der Waals surface area contributed by atoms with E-state index in [0.29, 0.717) is 18.4 Å². The molecule has 1 aromatic rings. The van der Waals surface area contributed by atoms with Crippen molar-refractivity contribution in [1.82, 2.24) is 5.32 Å². The Morgan fingerprint density at radius 1 is 1.22 bits per heavy atom. The van der Waals surface area contributed by atoms with Crippen LogP contribution in [-0.4, -0.2) is 34.4 Å². The summed E-state index contributed by atoms with van der Waals surface area (Å²) >= 11 is 0. The van der Waals surface area contributed by atoms with Crippen LogP contribution in [0.2, 0.25) is 0 Å². The second-order valence-corrected chi connectivity index (χ2v) is 4.87. The molecule has 0 saturated heterocycles. The molecule has 3 heteroatoms. The zero-order chi connectivity index (χ0) is 13.5. The lowest BCUT2D eigenvalue weighted by Gasteiger charge is -2.20. The number of ether oxygens (including phenoxy) is 2. The third-order valence-corrected chi connectivity index (χ3v) is 3.18. The van der Waals surface area contributed by atoms with Crippen LogP contribution < -0.4 is 10.1 Å². The van der Waals surface area contributed by atoms with Gasteiger partial charge in [0.25, 0.3) is 0 Å². The van der Waals surface area contributed by atoms with Crippen LogP contribution in [0.1, 0.15) is 36.8 Å². The summed E-state index contributed by atoms with van der Waals surface area (Å²) in [6.45, 7) is 5.95. The standard InChI is InChI=1S/C15H25NO2/c1-11(2)12-6-7-14(15(8-12)18-5)13(9-16-3)10-17-4/h6-8,11,13,16H,9-10H2,1-5H3. The molecule has 0 fully saturated rings. The van der Waals surface area contributed by atoms with Crippen LogP contribution >= 0.6 is 0 Å². The topological polar surface area (TPSA) is 30.5 Å². The maximum Gasteiger partial charge on any atom is 0.122 e. The number of rotatable bonds is 7. The molecule has 0 bridgehead atoms. The minimum atomic E-state index is 0.316. The first kappa shape index (κ1) is 15.0. The van der Waals surface area contributed by atoms with Gasteiger partial charge in [-0.25, -0.2) is 0 Å². The van der Waals surface area contributed by atoms with Gasteiger partial charge in [0.1, 0.15) is 5.75 Å². The molecule has 1 rings (SSSR count). The van der Waals surface area contributed by atoms with Crippen LogP contribution in [0.3, 0.4) is 0 Å². The minimum Gasteiger partial charge on any atom is -0.496 e. The zero-order valence-corrected chi connectivity index (χ0v) is 12.1. The summed E-state index contributed by atoms with van der Waals surface area (Å²) in [6.07, 6.45) is 0. The Hall–Kier alpha value is -1.06. The smallest absolute Gasteiger partial charge is 0.122 e. The van der Waals surface area contributed by atoms with Gasteiger partial charge in [-0.15, -0.1) is 0 Å². The molecule has 0 saturated carbocycles. The van der Waals surface area contributed by atoms with Gasteiger partial charge in [-0.2, -0.15) is 0 Å². The molecule has 1 N–H and O–H groups in total. The van der Waals surface area contributed by atoms with E-state index in [1.165, 1.54) is 11.1 Å². The lowest BCUT2D eigenvalue weighted by molar-refractivity contribution is 0.177. The van der Waals surface area contributed by atoms with Gasteiger partial charge in [0.15, 0.2) is 0 Å². The highest BCUT2D eigenvalue weighted by Crippen LogP contribution is 2.30. The van der Waals surface area contributed by atoms with Crippen molar-refractivity contribution in [1.29, 1.82) is 0 Å². The van der Waals surface area contributed by atoms with Crippen molar-refractivity contribution in [3.8, 4) is 5.75 Å². The van der Waals surface area contributed by atoms with Crippen molar-refractivity contribution in [2.45, 2.75) is 25.7 Å². The van der Waals surface area contributed by atoms with Gasteiger partial charge in [-0.05, 0) is 24.6 Å². The van der Waals surface area contributed by atoms with Gasteiger partial charge < -0.3 is 14.8 Å². The molecule has 0 amide bonds. The van der Waals surface area contributed by atoms with E-state index in [9.17, 15) is 0 Å². The zero-order valence-electron chi connectivity index (χ0n) is 12.1. The normalized spacial score (nSPS) is 12.8. The lowest BCUT2D eigenvalue weighted by Crippen LogP contribution is -2.21. The fourth-order valence-electron chi connectivity index (χ4n) is 2.13. The lowest BCUT2D eigenvalue weighted by atomic mass is 9.94. The first-order valence-electron chi connectivity index (χ1n) is 6.45. The molecule has 0 aliphatic heterocycles. The Morgan fingerprint density at radius 3 is 2.44 bits per heavy atom. The molecule has 1 atom stereocenters. The number of methoxy groups -OCH3 is 2. The van der Waals surface area contributed by atoms with E-state index in [2.05, 4.69) is 37.4 Å². The van der Waals surface area contributed by atoms with Crippen LogP contribution in [0.5, 0.6) is 5.75 Å². The summed E-state index contributed by atoms with van der Waals surface area (Å²) in [4.78, 5) is 0. The van der Waals surface area contributed by atoms with E-state index >= 15 is 0 Å². The minimum absolute atomic E-state index is 0.316. The fourth-order valence-corrected chi connectivity index (χ4v) is 2.13. The number of benzene rings is 1. The quantitative estimate of drug-likeness (QED) is 0.808. The predicted molar refractivity (Wildman–Crippen MR) is 75.6 cm³/mol. The molecule has 0 aromatic heterocycles. The summed E-state index contributed by atoms with van der Waals surface area (Å²) in [5.41, 5.74) is 2.51. The van der Waals surface area contributed by atoms with Gasteiger partial charge in [0.2, 0.25) is 0 Å². The van der Waals surface area contributed by atoms with Crippen molar-refractivity contribution in [3.63, 3.8) is 0 Å². The summed E-state index contributed by atoms with van der Waals surface area (Å²) in [5, 5.41) is 3.20. The van der Waals surface area contributed by atoms with Crippen LogP contribution in [0, 0.1) is 0 Å². The third kappa shape index (κ3) is 3.72. The molecule has 102 valence electrons. The fraction of sp³-hybridized carbons (Fsp3) is 0.600. The molecule has 0 heterocycles. The molecule has 0 aliphatic rings. The van der Waals surface area contributed by atoms with Crippen LogP contribution in [0.4, 0.5) is 0 Å². The number of hydrogen-bond acceptors (Lipinski definition) is 3. The van der Waals surface area contributed by atoms with Gasteiger partial charge in [-0.3, -0.25) is 0 Å². The highest BCUT2D eigenvalue weighted by Gasteiger charge is 2.16. The van der Waals surface area contributed by atoms with E-state index < -0.39 is 0 Å². The van der Waals surface area contributed by atoms with E-state index in [0.717, 1.165) is 12.3 Å². The molecule has 0 aliphatic carbocycles. The number of likely N-dealkylation sites (N-methyl/N-ethyl adjacent to an activating group) is 1. The third-order valence-electron chi connectivity index (χ3n) is 3.18. The molecular formula is C15H25NO2. The van der Waals surface area contributed by atoms with Crippen molar-refractivity contribution < 1.29 is 9.47 Å². The van der Waals surface area contributed by atoms with Crippen molar-refractivity contribution >= 4 is 0 Å². The molecule has 1 aromatic carbocycles. The summed E-state index contributed by atoms with van der Waals surface area (Å²) < 4.78 is 10.8. The molecule has 0 spiro atoms. The summed E-state index contributed by atoms with van der Waals surface area (Å²) in [7, 11) is 5.42. The summed E-state index contributed by atoms with van der Waals surface area (Å²) in [5.74, 6) is 1.78. The van der Waals surface area contributed by atoms with Crippen molar-refractivity contribution in [2.75, 3.05) is 34.4 Å². The average molecular weight is 251 g/mol. The van der Waals surface area contributed by atoms with Crippen molar-refractivity contribution in [3.05, 3.63) is 29.3 Å². The van der Waals surface area contributed by atoms with E-state index in [-0.39, 0.29) is 0 Å². The maximum absolute atomic E-state index is 5.53. The van der Waals surface area contributed by atoms with Gasteiger partial charge in [0, 0.05) is 25.1 Å². The SMILES string of the molecule is CNCC(COC)c1ccc(C(C)C)cc1OC. The Balaban J connectivity index is 3.05. The molecular weight excluding hydrogens is 226 g/mol. The van der Waals surface area contributed by atoms with E-state index in [4.69, 9.17) is 9.47 Å². The van der Waals surface area contributed by atoms with E-state index in [1.807, 2.05) is 7.05 Å². The van der Waals surface area contributed by atoms with Crippen LogP contribution in [0.15, 0.2) is 18.2 Å². The maximum atomic E-state index is 5.53. The first-order chi connectivity index (χ1) is 8.63. The Kier molecular flexibility index (Phi) is 6.16. The van der Waals surface area contributed by atoms with Gasteiger partial charge >= 0.3 is 0 Å². The largest absolute Gasteiger partial charge is 0.496 e. The van der Waals surface area contributed by atoms with Crippen LogP contribution in [-0.2, 0) is 4.74 Å². The van der Waals surface area contributed by atoms with Crippen molar-refractivity contribution in [2.24, 2.45) is 0 Å². The highest BCUT2D eigenvalue weighted by atomic mass is 16.5. The monoisotopic (exact) mass is 251 g/mol. The first-order valence-corrected chi connectivity index (χ1v) is 6.45. The van der Waals surface area contributed by atoms with Gasteiger partial charge in [0.05, 0.1) is 13.7 Å². The van der Waals surface area contributed by atoms with Crippen LogP contribution in [0.25, 0.3) is 0 Å². The Bertz CT molecular complexity index is 358. The second kappa shape index (κ2) is 7.39. The predicted octanol–water partition coefficient (Wildman–Crippen LogP) is 2.77. The number of hydrogen-bond donors (Lipinski definition) is 1. The summed E-state index contributed by atoms with van der Waals surface area (Å²) in [6, 6.07) is 6.48. The highest BCUT2D eigenvalue weighted by molar-refractivity contribution is 5.41. The molecule has 3 nitrogen and oxygen atoms in total. The Labute approximate surface area is 110 Å².